The Morgan fingerprint density at radius 3 is 2.52 bits per heavy atom. The monoisotopic (exact) mass is 330 g/mol. The Balaban J connectivity index is 1.87. The summed E-state index contributed by atoms with van der Waals surface area (Å²) >= 11 is 0. The van der Waals surface area contributed by atoms with E-state index in [2.05, 4.69) is 9.71 Å². The van der Waals surface area contributed by atoms with Crippen molar-refractivity contribution in [1.29, 1.82) is 0 Å². The lowest BCUT2D eigenvalue weighted by Gasteiger charge is -2.15. The number of fused-ring (bicyclic) bond motifs is 1. The van der Waals surface area contributed by atoms with Crippen LogP contribution in [0.15, 0.2) is 64.5 Å². The van der Waals surface area contributed by atoms with E-state index in [1.807, 2.05) is 37.3 Å². The molecule has 0 radical (unpaired) electrons. The van der Waals surface area contributed by atoms with Crippen molar-refractivity contribution in [2.24, 2.45) is 4.99 Å². The van der Waals surface area contributed by atoms with Crippen LogP contribution in [0.5, 0.6) is 0 Å². The third-order valence-corrected chi connectivity index (χ3v) is 5.01. The fourth-order valence-corrected chi connectivity index (χ4v) is 3.80. The van der Waals surface area contributed by atoms with Gasteiger partial charge in [-0.15, -0.1) is 0 Å². The van der Waals surface area contributed by atoms with Crippen LogP contribution in [-0.4, -0.2) is 27.4 Å². The molecule has 5 nitrogen and oxygen atoms in total. The van der Waals surface area contributed by atoms with Gasteiger partial charge >= 0.3 is 0 Å². The summed E-state index contributed by atoms with van der Waals surface area (Å²) in [6, 6.07) is 16.6. The van der Waals surface area contributed by atoms with Crippen LogP contribution in [0.2, 0.25) is 0 Å². The highest BCUT2D eigenvalue weighted by Gasteiger charge is 2.30. The molecule has 120 valence electrons. The highest BCUT2D eigenvalue weighted by Crippen LogP contribution is 2.23. The average molecular weight is 330 g/mol. The number of hydrogen-bond donors (Lipinski definition) is 1. The summed E-state index contributed by atoms with van der Waals surface area (Å²) in [5, 5.41) is 0. The molecule has 1 aliphatic rings. The molecule has 1 atom stereocenters. The van der Waals surface area contributed by atoms with Crippen molar-refractivity contribution in [3.8, 4) is 0 Å². The summed E-state index contributed by atoms with van der Waals surface area (Å²) in [7, 11) is -3.50. The normalized spacial score (nSPS) is 18.4. The average Bonchev–Trinajstić information content (AvgIpc) is 2.84. The number of aliphatic imine (C=N–C) groups is 1. The first kappa shape index (κ1) is 15.7. The Kier molecular flexibility index (Phi) is 4.45. The SMILES string of the molecule is CCOC(CN=C1NS(=O)(=O)c2ccccc21)c1ccccc1. The fraction of sp³-hybridized carbons (Fsp3) is 0.235. The molecule has 0 fully saturated rings. The van der Waals surface area contributed by atoms with E-state index in [1.54, 1.807) is 24.3 Å². The van der Waals surface area contributed by atoms with Crippen molar-refractivity contribution < 1.29 is 13.2 Å². The van der Waals surface area contributed by atoms with Crippen LogP contribution < -0.4 is 4.72 Å². The molecule has 1 N–H and O–H groups in total. The minimum atomic E-state index is -3.50. The standard InChI is InChI=1S/C17H18N2O3S/c1-2-22-15(13-8-4-3-5-9-13)12-18-17-14-10-6-7-11-16(14)23(20,21)19-17/h3-11,15H,2,12H2,1H3,(H,18,19). The van der Waals surface area contributed by atoms with Gasteiger partial charge in [-0.1, -0.05) is 42.5 Å². The molecule has 2 aromatic carbocycles. The van der Waals surface area contributed by atoms with E-state index in [0.717, 1.165) is 5.56 Å². The Morgan fingerprint density at radius 1 is 1.09 bits per heavy atom. The quantitative estimate of drug-likeness (QED) is 0.916. The van der Waals surface area contributed by atoms with Crippen molar-refractivity contribution in [1.82, 2.24) is 4.72 Å². The van der Waals surface area contributed by atoms with Crippen molar-refractivity contribution >= 4 is 15.9 Å². The van der Waals surface area contributed by atoms with Crippen molar-refractivity contribution in [2.45, 2.75) is 17.9 Å². The van der Waals surface area contributed by atoms with E-state index in [0.29, 0.717) is 24.6 Å². The van der Waals surface area contributed by atoms with Crippen molar-refractivity contribution in [3.05, 3.63) is 65.7 Å². The van der Waals surface area contributed by atoms with Gasteiger partial charge in [0.15, 0.2) is 0 Å². The van der Waals surface area contributed by atoms with E-state index < -0.39 is 10.0 Å². The number of nitrogens with one attached hydrogen (secondary N) is 1. The molecule has 23 heavy (non-hydrogen) atoms. The number of amidine groups is 1. The third-order valence-electron chi connectivity index (χ3n) is 3.62. The van der Waals surface area contributed by atoms with Gasteiger partial charge in [-0.05, 0) is 24.6 Å². The van der Waals surface area contributed by atoms with E-state index in [1.165, 1.54) is 0 Å². The summed E-state index contributed by atoms with van der Waals surface area (Å²) in [6.07, 6.45) is -0.203. The van der Waals surface area contributed by atoms with Gasteiger partial charge < -0.3 is 4.74 Å². The maximum Gasteiger partial charge on any atom is 0.263 e. The molecule has 1 aliphatic heterocycles. The molecule has 0 amide bonds. The zero-order valence-corrected chi connectivity index (χ0v) is 13.6. The first-order valence-electron chi connectivity index (χ1n) is 7.45. The van der Waals surface area contributed by atoms with E-state index in [9.17, 15) is 8.42 Å². The highest BCUT2D eigenvalue weighted by molar-refractivity contribution is 7.90. The minimum absolute atomic E-state index is 0.203. The van der Waals surface area contributed by atoms with Gasteiger partial charge in [-0.3, -0.25) is 9.71 Å². The smallest absolute Gasteiger partial charge is 0.263 e. The molecular weight excluding hydrogens is 312 g/mol. The molecule has 0 aliphatic carbocycles. The first-order valence-corrected chi connectivity index (χ1v) is 8.93. The number of benzene rings is 2. The number of sulfonamides is 1. The van der Waals surface area contributed by atoms with Crippen LogP contribution in [0.1, 0.15) is 24.2 Å². The first-order chi connectivity index (χ1) is 11.1. The Morgan fingerprint density at radius 2 is 1.78 bits per heavy atom. The molecule has 1 heterocycles. The zero-order chi connectivity index (χ0) is 16.3. The van der Waals surface area contributed by atoms with Gasteiger partial charge in [-0.2, -0.15) is 0 Å². The largest absolute Gasteiger partial charge is 0.372 e. The second-order valence-corrected chi connectivity index (χ2v) is 6.80. The Labute approximate surface area is 136 Å². The van der Waals surface area contributed by atoms with Gasteiger partial charge in [0, 0.05) is 12.2 Å². The fourth-order valence-electron chi connectivity index (χ4n) is 2.55. The van der Waals surface area contributed by atoms with Gasteiger partial charge in [0.1, 0.15) is 11.9 Å². The van der Waals surface area contributed by atoms with Gasteiger partial charge in [0.25, 0.3) is 10.0 Å². The second kappa shape index (κ2) is 6.52. The maximum absolute atomic E-state index is 12.1. The van der Waals surface area contributed by atoms with E-state index in [-0.39, 0.29) is 11.0 Å². The molecule has 0 spiro atoms. The summed E-state index contributed by atoms with van der Waals surface area (Å²) < 4.78 is 32.4. The van der Waals surface area contributed by atoms with Crippen LogP contribution in [0.25, 0.3) is 0 Å². The number of nitrogens with zero attached hydrogens (tertiary/aromatic N) is 1. The molecule has 0 saturated heterocycles. The summed E-state index contributed by atoms with van der Waals surface area (Å²) in [6.45, 7) is 2.84. The maximum atomic E-state index is 12.1. The number of ether oxygens (including phenoxy) is 1. The Bertz CT molecular complexity index is 817. The van der Waals surface area contributed by atoms with E-state index >= 15 is 0 Å². The van der Waals surface area contributed by atoms with Crippen LogP contribution in [-0.2, 0) is 14.8 Å². The van der Waals surface area contributed by atoms with Crippen molar-refractivity contribution in [2.75, 3.05) is 13.2 Å². The third kappa shape index (κ3) is 3.28. The van der Waals surface area contributed by atoms with E-state index in [4.69, 9.17) is 4.74 Å². The summed E-state index contributed by atoms with van der Waals surface area (Å²) in [5.41, 5.74) is 1.63. The van der Waals surface area contributed by atoms with Gasteiger partial charge in [-0.25, -0.2) is 8.42 Å². The summed E-state index contributed by atoms with van der Waals surface area (Å²) in [4.78, 5) is 4.73. The van der Waals surface area contributed by atoms with Gasteiger partial charge in [0.05, 0.1) is 11.4 Å². The highest BCUT2D eigenvalue weighted by atomic mass is 32.2. The molecule has 0 aromatic heterocycles. The molecule has 6 heteroatoms. The minimum Gasteiger partial charge on any atom is -0.372 e. The predicted molar refractivity (Wildman–Crippen MR) is 89.0 cm³/mol. The molecule has 0 saturated carbocycles. The molecule has 3 rings (SSSR count). The topological polar surface area (TPSA) is 67.8 Å². The lowest BCUT2D eigenvalue weighted by molar-refractivity contribution is 0.0692. The Hall–Kier alpha value is -2.18. The molecule has 0 bridgehead atoms. The molecule has 2 aromatic rings. The number of hydrogen-bond acceptors (Lipinski definition) is 4. The van der Waals surface area contributed by atoms with Crippen LogP contribution >= 0.6 is 0 Å². The molecule has 1 unspecified atom stereocenters. The molecular formula is C17H18N2O3S. The van der Waals surface area contributed by atoms with Crippen LogP contribution in [0.3, 0.4) is 0 Å². The van der Waals surface area contributed by atoms with Gasteiger partial charge in [0.2, 0.25) is 0 Å². The van der Waals surface area contributed by atoms with Crippen molar-refractivity contribution in [3.63, 3.8) is 0 Å². The summed E-state index contributed by atoms with van der Waals surface area (Å²) in [5.74, 6) is 0.376. The van der Waals surface area contributed by atoms with Crippen LogP contribution in [0, 0.1) is 0 Å². The predicted octanol–water partition coefficient (Wildman–Crippen LogP) is 2.50. The lowest BCUT2D eigenvalue weighted by atomic mass is 10.1. The second-order valence-electron chi connectivity index (χ2n) is 5.15. The van der Waals surface area contributed by atoms with Crippen LogP contribution in [0.4, 0.5) is 0 Å². The lowest BCUT2D eigenvalue weighted by Crippen LogP contribution is -2.23. The zero-order valence-electron chi connectivity index (χ0n) is 12.8. The number of rotatable bonds is 5.